The molecule has 1 saturated carbocycles. The molecule has 0 atom stereocenters. The molecule has 11 heteroatoms. The topological polar surface area (TPSA) is 18.5 Å². The van der Waals surface area contributed by atoms with Gasteiger partial charge < -0.3 is 9.47 Å². The van der Waals surface area contributed by atoms with E-state index in [1.165, 1.54) is 12.1 Å². The summed E-state index contributed by atoms with van der Waals surface area (Å²) < 4.78 is 118. The Morgan fingerprint density at radius 1 is 0.676 bits per heavy atom. The van der Waals surface area contributed by atoms with Gasteiger partial charge in [-0.1, -0.05) is 40.8 Å². The average molecular weight is 642 g/mol. The monoisotopic (exact) mass is 642 g/mol. The number of hydrogen-bond acceptors (Lipinski definition) is 2. The molecule has 2 nitrogen and oxygen atoms in total. The summed E-state index contributed by atoms with van der Waals surface area (Å²) in [6.07, 6.45) is -5.52. The first kappa shape index (κ1) is 27.5. The molecule has 0 heterocycles. The molecule has 0 radical (unpaired) electrons. The van der Waals surface area contributed by atoms with Gasteiger partial charge in [0.25, 0.3) is 0 Å². The summed E-state index contributed by atoms with van der Waals surface area (Å²) in [5.41, 5.74) is -0.798. The van der Waals surface area contributed by atoms with E-state index in [2.05, 4.69) is 32.1 Å². The van der Waals surface area contributed by atoms with E-state index in [-0.39, 0.29) is 17.0 Å². The molecule has 0 amide bonds. The van der Waals surface area contributed by atoms with Crippen LogP contribution in [0, 0.1) is 17.5 Å². The van der Waals surface area contributed by atoms with Gasteiger partial charge in [0, 0.05) is 9.49 Å². The lowest BCUT2D eigenvalue weighted by Gasteiger charge is -2.26. The minimum absolute atomic E-state index is 0.135. The predicted molar refractivity (Wildman–Crippen MR) is 128 cm³/mol. The number of alkyl halides is 6. The fraction of sp³-hybridized carbons (Fsp3) is 0.308. The summed E-state index contributed by atoms with van der Waals surface area (Å²) in [5, 5.41) is 0. The highest BCUT2D eigenvalue weighted by atomic mass is 127. The summed E-state index contributed by atoms with van der Waals surface area (Å²) in [6.45, 7) is 0. The second-order valence-electron chi connectivity index (χ2n) is 8.65. The molecule has 0 aliphatic heterocycles. The van der Waals surface area contributed by atoms with Crippen molar-refractivity contribution in [3.8, 4) is 22.6 Å². The Morgan fingerprint density at radius 3 is 1.89 bits per heavy atom. The molecule has 0 bridgehead atoms. The van der Waals surface area contributed by atoms with Crippen LogP contribution in [0.25, 0.3) is 11.1 Å². The van der Waals surface area contributed by atoms with Crippen molar-refractivity contribution >= 4 is 22.6 Å². The first-order valence-corrected chi connectivity index (χ1v) is 12.4. The van der Waals surface area contributed by atoms with Crippen molar-refractivity contribution < 1.29 is 44.6 Å². The van der Waals surface area contributed by atoms with Gasteiger partial charge in [0.15, 0.2) is 23.1 Å². The summed E-state index contributed by atoms with van der Waals surface area (Å²) in [7, 11) is 0. The zero-order valence-corrected chi connectivity index (χ0v) is 21.1. The van der Waals surface area contributed by atoms with E-state index in [4.69, 9.17) is 0 Å². The number of rotatable bonds is 6. The van der Waals surface area contributed by atoms with Crippen molar-refractivity contribution in [3.05, 3.63) is 83.2 Å². The van der Waals surface area contributed by atoms with Gasteiger partial charge in [0.2, 0.25) is 0 Å². The molecular weight excluding hydrogens is 623 g/mol. The molecule has 1 aliphatic rings. The van der Waals surface area contributed by atoms with E-state index in [9.17, 15) is 35.1 Å². The van der Waals surface area contributed by atoms with E-state index >= 15 is 0 Å². The maximum atomic E-state index is 14.8. The predicted octanol–water partition coefficient (Wildman–Crippen LogP) is 9.26. The van der Waals surface area contributed by atoms with Crippen LogP contribution in [0.15, 0.2) is 54.6 Å². The van der Waals surface area contributed by atoms with Crippen LogP contribution in [0.5, 0.6) is 11.5 Å². The second kappa shape index (κ2) is 10.7. The molecule has 0 saturated heterocycles. The Hall–Kier alpha value is -2.57. The quantitative estimate of drug-likeness (QED) is 0.152. The van der Waals surface area contributed by atoms with E-state index in [0.29, 0.717) is 27.7 Å². The molecule has 37 heavy (non-hydrogen) atoms. The minimum atomic E-state index is -5.13. The molecule has 3 aromatic carbocycles. The second-order valence-corrected chi connectivity index (χ2v) is 10.4. The highest BCUT2D eigenvalue weighted by Gasteiger charge is 2.37. The highest BCUT2D eigenvalue weighted by molar-refractivity contribution is 14.1. The Bertz CT molecular complexity index is 1270. The first-order valence-electron chi connectivity index (χ1n) is 11.2. The standard InChI is InChI=1S/C26H19F8IO2/c27-20-13-17(5-8-19(20)16-4-10-24(22(29)12-16)37-26(32,33)34)25(30,31)36-23-9-3-15(11-21(23)28)14-1-6-18(35)7-2-14/h3-5,8-14,18H,1-2,6-7H2. The lowest BCUT2D eigenvalue weighted by atomic mass is 9.84. The van der Waals surface area contributed by atoms with Gasteiger partial charge in [0.1, 0.15) is 5.82 Å². The molecule has 0 aromatic heterocycles. The van der Waals surface area contributed by atoms with Gasteiger partial charge in [-0.25, -0.2) is 13.2 Å². The third-order valence-electron chi connectivity index (χ3n) is 6.10. The van der Waals surface area contributed by atoms with E-state index in [1.807, 2.05) is 0 Å². The smallest absolute Gasteiger partial charge is 0.426 e. The first-order chi connectivity index (χ1) is 17.3. The number of ether oxygens (including phenoxy) is 2. The van der Waals surface area contributed by atoms with Crippen LogP contribution in [-0.2, 0) is 6.11 Å². The third-order valence-corrected chi connectivity index (χ3v) is 7.34. The van der Waals surface area contributed by atoms with E-state index < -0.39 is 47.0 Å². The van der Waals surface area contributed by atoms with Crippen molar-refractivity contribution in [3.63, 3.8) is 0 Å². The minimum Gasteiger partial charge on any atom is -0.426 e. The lowest BCUT2D eigenvalue weighted by molar-refractivity contribution is -0.275. The molecular formula is C26H19F8IO2. The summed E-state index contributed by atoms with van der Waals surface area (Å²) in [5.74, 6) is -5.31. The fourth-order valence-corrected chi connectivity index (χ4v) is 4.96. The summed E-state index contributed by atoms with van der Waals surface area (Å²) in [6, 6.07) is 8.12. The van der Waals surface area contributed by atoms with Gasteiger partial charge in [-0.3, -0.25) is 0 Å². The maximum absolute atomic E-state index is 14.8. The number of halogens is 9. The van der Waals surface area contributed by atoms with Crippen LogP contribution in [-0.4, -0.2) is 10.3 Å². The van der Waals surface area contributed by atoms with Crippen molar-refractivity contribution in [1.29, 1.82) is 0 Å². The fourth-order valence-electron chi connectivity index (χ4n) is 4.24. The normalized spacial score (nSPS) is 18.5. The Kier molecular flexibility index (Phi) is 7.91. The van der Waals surface area contributed by atoms with Gasteiger partial charge >= 0.3 is 12.5 Å². The zero-order chi connectivity index (χ0) is 27.0. The maximum Gasteiger partial charge on any atom is 0.573 e. The van der Waals surface area contributed by atoms with E-state index in [1.54, 1.807) is 0 Å². The van der Waals surface area contributed by atoms with Crippen LogP contribution in [0.3, 0.4) is 0 Å². The van der Waals surface area contributed by atoms with Gasteiger partial charge in [-0.15, -0.1) is 13.2 Å². The Balaban J connectivity index is 1.51. The number of hydrogen-bond donors (Lipinski definition) is 0. The van der Waals surface area contributed by atoms with Gasteiger partial charge in [0.05, 0.1) is 5.56 Å². The van der Waals surface area contributed by atoms with E-state index in [0.717, 1.165) is 49.9 Å². The SMILES string of the molecule is Fc1cc(-c2ccc(C(F)(F)Oc3ccc(C4CCC(I)CC4)cc3F)cc2F)ccc1OC(F)(F)F. The molecule has 4 rings (SSSR count). The largest absolute Gasteiger partial charge is 0.573 e. The molecule has 0 spiro atoms. The molecule has 198 valence electrons. The van der Waals surface area contributed by atoms with Crippen molar-refractivity contribution in [2.24, 2.45) is 0 Å². The average Bonchev–Trinajstić information content (AvgIpc) is 2.81. The van der Waals surface area contributed by atoms with Crippen LogP contribution in [0.1, 0.15) is 42.7 Å². The van der Waals surface area contributed by atoms with Crippen molar-refractivity contribution in [2.45, 2.75) is 48.0 Å². The zero-order valence-electron chi connectivity index (χ0n) is 18.9. The molecule has 1 fully saturated rings. The summed E-state index contributed by atoms with van der Waals surface area (Å²) in [4.78, 5) is 0. The Morgan fingerprint density at radius 2 is 1.30 bits per heavy atom. The Labute approximate surface area is 220 Å². The molecule has 0 unspecified atom stereocenters. The summed E-state index contributed by atoms with van der Waals surface area (Å²) >= 11 is 2.37. The van der Waals surface area contributed by atoms with Gasteiger partial charge in [-0.05, 0) is 79.1 Å². The van der Waals surface area contributed by atoms with Crippen LogP contribution >= 0.6 is 22.6 Å². The third kappa shape index (κ3) is 6.66. The highest BCUT2D eigenvalue weighted by Crippen LogP contribution is 2.39. The van der Waals surface area contributed by atoms with Crippen LogP contribution in [0.2, 0.25) is 0 Å². The van der Waals surface area contributed by atoms with Gasteiger partial charge in [-0.2, -0.15) is 8.78 Å². The molecule has 3 aromatic rings. The van der Waals surface area contributed by atoms with Crippen LogP contribution in [0.4, 0.5) is 35.1 Å². The van der Waals surface area contributed by atoms with Crippen molar-refractivity contribution in [1.82, 2.24) is 0 Å². The lowest BCUT2D eigenvalue weighted by Crippen LogP contribution is -2.23. The van der Waals surface area contributed by atoms with Crippen LogP contribution < -0.4 is 9.47 Å². The van der Waals surface area contributed by atoms with Crippen molar-refractivity contribution in [2.75, 3.05) is 0 Å². The molecule has 0 N–H and O–H groups in total. The molecule has 1 aliphatic carbocycles. The number of benzene rings is 3.